The summed E-state index contributed by atoms with van der Waals surface area (Å²) >= 11 is 1.62. The normalized spacial score (nSPS) is 10.8. The van der Waals surface area contributed by atoms with E-state index in [4.69, 9.17) is 4.52 Å². The molecular weight excluding hydrogens is 276 g/mol. The van der Waals surface area contributed by atoms with Crippen LogP contribution >= 0.6 is 11.3 Å². The van der Waals surface area contributed by atoms with E-state index in [2.05, 4.69) is 15.2 Å². The average molecular weight is 294 g/mol. The van der Waals surface area contributed by atoms with Crippen LogP contribution in [0.4, 0.5) is 0 Å². The van der Waals surface area contributed by atoms with Crippen molar-refractivity contribution in [1.82, 2.24) is 10.5 Å². The molecule has 0 bridgehead atoms. The number of nitrogens with zero attached hydrogens (tertiary/aromatic N) is 1. The van der Waals surface area contributed by atoms with Gasteiger partial charge in [0.1, 0.15) is 5.76 Å². The van der Waals surface area contributed by atoms with Gasteiger partial charge in [0.25, 0.3) is 0 Å². The quantitative estimate of drug-likeness (QED) is 0.829. The maximum Gasteiger partial charge on any atom is 0.310 e. The summed E-state index contributed by atoms with van der Waals surface area (Å²) in [5.41, 5.74) is 2.03. The van der Waals surface area contributed by atoms with Gasteiger partial charge in [-0.3, -0.25) is 4.79 Å². The molecule has 5 nitrogen and oxygen atoms in total. The van der Waals surface area contributed by atoms with Gasteiger partial charge in [-0.05, 0) is 26.0 Å². The van der Waals surface area contributed by atoms with Gasteiger partial charge in [0.05, 0.1) is 19.2 Å². The third-order valence-corrected chi connectivity index (χ3v) is 4.13. The molecule has 108 valence electrons. The van der Waals surface area contributed by atoms with E-state index in [0.29, 0.717) is 6.42 Å². The number of carbonyl (C=O) groups is 1. The third kappa shape index (κ3) is 3.68. The number of aryl methyl sites for hydroxylation is 2. The molecule has 0 fully saturated rings. The molecule has 0 unspecified atom stereocenters. The van der Waals surface area contributed by atoms with Crippen molar-refractivity contribution in [1.29, 1.82) is 0 Å². The summed E-state index contributed by atoms with van der Waals surface area (Å²) in [7, 11) is 1.40. The lowest BCUT2D eigenvalue weighted by atomic mass is 10.2. The summed E-state index contributed by atoms with van der Waals surface area (Å²) in [6.07, 6.45) is 0.338. The van der Waals surface area contributed by atoms with E-state index < -0.39 is 0 Å². The van der Waals surface area contributed by atoms with Gasteiger partial charge in [0.2, 0.25) is 0 Å². The first-order chi connectivity index (χ1) is 9.60. The molecule has 0 aliphatic rings. The fraction of sp³-hybridized carbons (Fsp3) is 0.429. The number of carbonyl (C=O) groups excluding carboxylic acids is 1. The Morgan fingerprint density at radius 2 is 2.10 bits per heavy atom. The molecule has 1 N–H and O–H groups in total. The van der Waals surface area contributed by atoms with E-state index in [1.165, 1.54) is 12.0 Å². The maximum atomic E-state index is 11.2. The van der Waals surface area contributed by atoms with Crippen LogP contribution in [0.25, 0.3) is 0 Å². The topological polar surface area (TPSA) is 64.4 Å². The summed E-state index contributed by atoms with van der Waals surface area (Å²) in [5, 5.41) is 7.28. The van der Waals surface area contributed by atoms with Crippen molar-refractivity contribution in [2.24, 2.45) is 0 Å². The summed E-state index contributed by atoms with van der Waals surface area (Å²) in [5.74, 6) is 0.648. The Morgan fingerprint density at radius 3 is 2.75 bits per heavy atom. The molecule has 0 radical (unpaired) electrons. The van der Waals surface area contributed by atoms with Gasteiger partial charge < -0.3 is 14.6 Å². The highest BCUT2D eigenvalue weighted by molar-refractivity contribution is 7.12. The van der Waals surface area contributed by atoms with E-state index in [9.17, 15) is 4.79 Å². The van der Waals surface area contributed by atoms with E-state index in [0.717, 1.165) is 35.0 Å². The van der Waals surface area contributed by atoms with Crippen molar-refractivity contribution in [3.8, 4) is 0 Å². The molecule has 2 rings (SSSR count). The molecule has 0 aromatic carbocycles. The monoisotopic (exact) mass is 294 g/mol. The van der Waals surface area contributed by atoms with Crippen LogP contribution in [0.3, 0.4) is 0 Å². The van der Waals surface area contributed by atoms with Gasteiger partial charge in [-0.1, -0.05) is 5.16 Å². The van der Waals surface area contributed by atoms with Gasteiger partial charge in [-0.25, -0.2) is 0 Å². The minimum Gasteiger partial charge on any atom is -0.469 e. The van der Waals surface area contributed by atoms with Crippen LogP contribution < -0.4 is 5.32 Å². The maximum absolute atomic E-state index is 11.2. The minimum absolute atomic E-state index is 0.206. The zero-order valence-corrected chi connectivity index (χ0v) is 12.7. The fourth-order valence-electron chi connectivity index (χ4n) is 1.89. The lowest BCUT2D eigenvalue weighted by Crippen LogP contribution is -2.12. The second-order valence-corrected chi connectivity index (χ2v) is 5.78. The molecule has 0 saturated heterocycles. The van der Waals surface area contributed by atoms with Gasteiger partial charge >= 0.3 is 5.97 Å². The average Bonchev–Trinajstić information content (AvgIpc) is 2.99. The van der Waals surface area contributed by atoms with E-state index >= 15 is 0 Å². The molecule has 0 aliphatic heterocycles. The summed E-state index contributed by atoms with van der Waals surface area (Å²) in [6, 6.07) is 4.00. The zero-order chi connectivity index (χ0) is 14.5. The van der Waals surface area contributed by atoms with Crippen LogP contribution in [-0.4, -0.2) is 18.2 Å². The van der Waals surface area contributed by atoms with E-state index in [1.807, 2.05) is 26.0 Å². The predicted octanol–water partition coefficient (Wildman–Crippen LogP) is 2.36. The number of methoxy groups -OCH3 is 1. The van der Waals surface area contributed by atoms with Crippen LogP contribution in [0, 0.1) is 13.8 Å². The lowest BCUT2D eigenvalue weighted by molar-refractivity contribution is -0.139. The van der Waals surface area contributed by atoms with Gasteiger partial charge in [-0.15, -0.1) is 11.3 Å². The fourth-order valence-corrected chi connectivity index (χ4v) is 2.86. The number of esters is 1. The van der Waals surface area contributed by atoms with Crippen molar-refractivity contribution in [2.75, 3.05) is 7.11 Å². The SMILES string of the molecule is COC(=O)Cc1ccc(CNCc2c(C)noc2C)s1. The van der Waals surface area contributed by atoms with E-state index in [-0.39, 0.29) is 5.97 Å². The molecule has 0 saturated carbocycles. The highest BCUT2D eigenvalue weighted by atomic mass is 32.1. The third-order valence-electron chi connectivity index (χ3n) is 3.05. The standard InChI is InChI=1S/C14H18N2O3S/c1-9-13(10(2)19-16-9)8-15-7-12-5-4-11(20-12)6-14(17)18-3/h4-5,15H,6-8H2,1-3H3. The Kier molecular flexibility index (Phi) is 4.92. The van der Waals surface area contributed by atoms with Crippen LogP contribution in [0.5, 0.6) is 0 Å². The molecule has 0 atom stereocenters. The zero-order valence-electron chi connectivity index (χ0n) is 11.9. The summed E-state index contributed by atoms with van der Waals surface area (Å²) < 4.78 is 9.77. The van der Waals surface area contributed by atoms with Crippen molar-refractivity contribution < 1.29 is 14.1 Å². The predicted molar refractivity (Wildman–Crippen MR) is 76.6 cm³/mol. The molecule has 0 spiro atoms. The first kappa shape index (κ1) is 14.7. The number of rotatable bonds is 6. The molecule has 2 aromatic rings. The first-order valence-corrected chi connectivity index (χ1v) is 7.18. The van der Waals surface area contributed by atoms with Gasteiger partial charge in [-0.2, -0.15) is 0 Å². The van der Waals surface area contributed by atoms with Gasteiger partial charge in [0, 0.05) is 28.4 Å². The Balaban J connectivity index is 1.84. The van der Waals surface area contributed by atoms with E-state index in [1.54, 1.807) is 11.3 Å². The Morgan fingerprint density at radius 1 is 1.35 bits per heavy atom. The molecule has 2 aromatic heterocycles. The molecule has 6 heteroatoms. The molecule has 2 heterocycles. The Hall–Kier alpha value is -1.66. The lowest BCUT2D eigenvalue weighted by Gasteiger charge is -2.02. The number of thiophene rings is 1. The molecule has 0 amide bonds. The summed E-state index contributed by atoms with van der Waals surface area (Å²) in [6.45, 7) is 5.34. The molecule has 0 aliphatic carbocycles. The van der Waals surface area contributed by atoms with Crippen molar-refractivity contribution in [3.63, 3.8) is 0 Å². The van der Waals surface area contributed by atoms with Crippen molar-refractivity contribution in [3.05, 3.63) is 38.9 Å². The molecule has 20 heavy (non-hydrogen) atoms. The van der Waals surface area contributed by atoms with Crippen LogP contribution in [0.2, 0.25) is 0 Å². The largest absolute Gasteiger partial charge is 0.469 e. The van der Waals surface area contributed by atoms with Crippen LogP contribution in [0.1, 0.15) is 26.8 Å². The smallest absolute Gasteiger partial charge is 0.310 e. The molecular formula is C14H18N2O3S. The van der Waals surface area contributed by atoms with Crippen LogP contribution in [-0.2, 0) is 29.0 Å². The summed E-state index contributed by atoms with van der Waals surface area (Å²) in [4.78, 5) is 13.4. The number of hydrogen-bond donors (Lipinski definition) is 1. The van der Waals surface area contributed by atoms with Crippen LogP contribution in [0.15, 0.2) is 16.7 Å². The number of aromatic nitrogens is 1. The Labute approximate surface area is 121 Å². The van der Waals surface area contributed by atoms with Crippen molar-refractivity contribution >= 4 is 17.3 Å². The number of nitrogens with one attached hydrogen (secondary N) is 1. The van der Waals surface area contributed by atoms with Crippen molar-refractivity contribution in [2.45, 2.75) is 33.4 Å². The highest BCUT2D eigenvalue weighted by Crippen LogP contribution is 2.18. The second-order valence-electron chi connectivity index (χ2n) is 4.53. The highest BCUT2D eigenvalue weighted by Gasteiger charge is 2.09. The second kappa shape index (κ2) is 6.67. The Bertz CT molecular complexity index is 570. The first-order valence-electron chi connectivity index (χ1n) is 6.37. The number of ether oxygens (including phenoxy) is 1. The number of hydrogen-bond acceptors (Lipinski definition) is 6. The van der Waals surface area contributed by atoms with Gasteiger partial charge in [0.15, 0.2) is 0 Å². The minimum atomic E-state index is -0.206.